The Hall–Kier alpha value is -1.32. The van der Waals surface area contributed by atoms with Crippen LogP contribution >= 0.6 is 0 Å². The molecule has 2 aliphatic rings. The van der Waals surface area contributed by atoms with E-state index in [-0.39, 0.29) is 11.1 Å². The number of aromatic nitrogens is 1. The van der Waals surface area contributed by atoms with Crippen LogP contribution in [0.3, 0.4) is 0 Å². The highest BCUT2D eigenvalue weighted by molar-refractivity contribution is 5.86. The van der Waals surface area contributed by atoms with Gasteiger partial charge in [0.25, 0.3) is 0 Å². The molecule has 2 N–H and O–H groups in total. The molecule has 1 saturated heterocycles. The fourth-order valence-corrected chi connectivity index (χ4v) is 4.45. The van der Waals surface area contributed by atoms with Gasteiger partial charge in [-0.05, 0) is 52.9 Å². The minimum Gasteiger partial charge on any atom is -0.358 e. The Labute approximate surface area is 126 Å². The summed E-state index contributed by atoms with van der Waals surface area (Å²) in [5, 5.41) is 5.43. The van der Waals surface area contributed by atoms with Crippen molar-refractivity contribution in [2.75, 3.05) is 20.1 Å². The van der Waals surface area contributed by atoms with Crippen molar-refractivity contribution in [3.63, 3.8) is 0 Å². The Bertz CT molecular complexity index is 675. The van der Waals surface area contributed by atoms with Crippen LogP contribution in [-0.2, 0) is 12.0 Å². The number of H-pyrrole nitrogens is 1. The van der Waals surface area contributed by atoms with Crippen molar-refractivity contribution < 1.29 is 0 Å². The third-order valence-electron chi connectivity index (χ3n) is 5.30. The van der Waals surface area contributed by atoms with E-state index in [1.165, 1.54) is 42.5 Å². The molecule has 0 amide bonds. The van der Waals surface area contributed by atoms with Crippen LogP contribution in [0.2, 0.25) is 0 Å². The van der Waals surface area contributed by atoms with Gasteiger partial charge in [-0.2, -0.15) is 0 Å². The number of fused-ring (bicyclic) bond motifs is 4. The number of piperidine rings is 1. The summed E-state index contributed by atoms with van der Waals surface area (Å²) < 4.78 is 0. The molecule has 0 aliphatic carbocycles. The average Bonchev–Trinajstić information content (AvgIpc) is 2.79. The minimum atomic E-state index is 0.142. The molecule has 2 aromatic rings. The highest BCUT2D eigenvalue weighted by atomic mass is 15.2. The van der Waals surface area contributed by atoms with Crippen LogP contribution < -0.4 is 5.32 Å². The number of aromatic amines is 1. The van der Waals surface area contributed by atoms with E-state index in [0.717, 1.165) is 6.42 Å². The van der Waals surface area contributed by atoms with Crippen molar-refractivity contribution in [2.45, 2.75) is 44.2 Å². The molecule has 3 heteroatoms. The van der Waals surface area contributed by atoms with Crippen molar-refractivity contribution in [3.8, 4) is 0 Å². The summed E-state index contributed by atoms with van der Waals surface area (Å²) in [5.74, 6) is 0. The van der Waals surface area contributed by atoms with Crippen molar-refractivity contribution in [1.82, 2.24) is 15.2 Å². The van der Waals surface area contributed by atoms with Crippen LogP contribution in [0, 0.1) is 0 Å². The molecule has 1 aromatic carbocycles. The van der Waals surface area contributed by atoms with E-state index >= 15 is 0 Å². The SMILES string of the molecule is CN1CCC2(CC1)NC(C)(C)Cc1[nH]c3ccccc3c12. The maximum Gasteiger partial charge on any atom is 0.0487 e. The van der Waals surface area contributed by atoms with E-state index in [1.807, 2.05) is 0 Å². The number of hydrogen-bond acceptors (Lipinski definition) is 2. The van der Waals surface area contributed by atoms with Crippen LogP contribution in [0.1, 0.15) is 37.9 Å². The number of hydrogen-bond donors (Lipinski definition) is 2. The van der Waals surface area contributed by atoms with Crippen LogP contribution in [-0.4, -0.2) is 35.6 Å². The molecule has 0 bridgehead atoms. The standard InChI is InChI=1S/C18H25N3/c1-17(2)12-15-16(13-6-4-5-7-14(13)19-15)18(20-17)8-10-21(3)11-9-18/h4-7,19-20H,8-12H2,1-3H3. The Kier molecular flexibility index (Phi) is 2.76. The van der Waals surface area contributed by atoms with Crippen molar-refractivity contribution in [1.29, 1.82) is 0 Å². The van der Waals surface area contributed by atoms with Crippen molar-refractivity contribution in [3.05, 3.63) is 35.5 Å². The molecule has 0 radical (unpaired) electrons. The van der Waals surface area contributed by atoms with Crippen LogP contribution in [0.15, 0.2) is 24.3 Å². The first-order valence-corrected chi connectivity index (χ1v) is 8.07. The lowest BCUT2D eigenvalue weighted by Gasteiger charge is -2.50. The summed E-state index contributed by atoms with van der Waals surface area (Å²) >= 11 is 0. The van der Waals surface area contributed by atoms with E-state index in [4.69, 9.17) is 0 Å². The van der Waals surface area contributed by atoms with Gasteiger partial charge < -0.3 is 15.2 Å². The third-order valence-corrected chi connectivity index (χ3v) is 5.30. The zero-order chi connectivity index (χ0) is 14.7. The molecule has 1 fully saturated rings. The number of nitrogens with zero attached hydrogens (tertiary/aromatic N) is 1. The second-order valence-corrected chi connectivity index (χ2v) is 7.60. The first kappa shape index (κ1) is 13.4. The zero-order valence-electron chi connectivity index (χ0n) is 13.3. The molecule has 3 nitrogen and oxygen atoms in total. The average molecular weight is 283 g/mol. The normalized spacial score (nSPS) is 24.3. The number of nitrogens with one attached hydrogen (secondary N) is 2. The quantitative estimate of drug-likeness (QED) is 0.779. The maximum atomic E-state index is 4.02. The van der Waals surface area contributed by atoms with Gasteiger partial charge >= 0.3 is 0 Å². The molecule has 0 saturated carbocycles. The molecular weight excluding hydrogens is 258 g/mol. The fourth-order valence-electron chi connectivity index (χ4n) is 4.45. The largest absolute Gasteiger partial charge is 0.358 e. The van der Waals surface area contributed by atoms with Crippen LogP contribution in [0.25, 0.3) is 10.9 Å². The van der Waals surface area contributed by atoms with Crippen LogP contribution in [0.5, 0.6) is 0 Å². The molecule has 3 heterocycles. The first-order chi connectivity index (χ1) is 9.99. The van der Waals surface area contributed by atoms with Gasteiger partial charge in [-0.3, -0.25) is 0 Å². The lowest BCUT2D eigenvalue weighted by molar-refractivity contribution is 0.111. The number of likely N-dealkylation sites (tertiary alicyclic amines) is 1. The zero-order valence-corrected chi connectivity index (χ0v) is 13.3. The molecule has 2 aliphatic heterocycles. The van der Waals surface area contributed by atoms with Gasteiger partial charge in [-0.25, -0.2) is 0 Å². The Balaban J connectivity index is 1.92. The van der Waals surface area contributed by atoms with E-state index in [1.54, 1.807) is 5.56 Å². The van der Waals surface area contributed by atoms with Crippen molar-refractivity contribution >= 4 is 10.9 Å². The highest BCUT2D eigenvalue weighted by Crippen LogP contribution is 2.44. The summed E-state index contributed by atoms with van der Waals surface area (Å²) in [6, 6.07) is 8.79. The Morgan fingerprint density at radius 2 is 1.81 bits per heavy atom. The predicted octanol–water partition coefficient (Wildman–Crippen LogP) is 3.01. The van der Waals surface area contributed by atoms with E-state index < -0.39 is 0 Å². The van der Waals surface area contributed by atoms with Gasteiger partial charge in [0, 0.05) is 39.7 Å². The lowest BCUT2D eigenvalue weighted by atomic mass is 9.72. The number of benzene rings is 1. The van der Waals surface area contributed by atoms with Gasteiger partial charge in [-0.1, -0.05) is 18.2 Å². The maximum absolute atomic E-state index is 4.02. The van der Waals surface area contributed by atoms with Crippen LogP contribution in [0.4, 0.5) is 0 Å². The topological polar surface area (TPSA) is 31.1 Å². The summed E-state index contributed by atoms with van der Waals surface area (Å²) in [6.07, 6.45) is 3.47. The summed E-state index contributed by atoms with van der Waals surface area (Å²) in [7, 11) is 2.23. The molecule has 1 spiro atoms. The van der Waals surface area contributed by atoms with Gasteiger partial charge in [0.15, 0.2) is 0 Å². The fraction of sp³-hybridized carbons (Fsp3) is 0.556. The molecule has 112 valence electrons. The second-order valence-electron chi connectivity index (χ2n) is 7.60. The van der Waals surface area contributed by atoms with Gasteiger partial charge in [-0.15, -0.1) is 0 Å². The van der Waals surface area contributed by atoms with E-state index in [2.05, 4.69) is 60.4 Å². The van der Waals surface area contributed by atoms with Crippen molar-refractivity contribution in [2.24, 2.45) is 0 Å². The predicted molar refractivity (Wildman–Crippen MR) is 87.6 cm³/mol. The summed E-state index contributed by atoms with van der Waals surface area (Å²) in [4.78, 5) is 6.15. The smallest absolute Gasteiger partial charge is 0.0487 e. The molecule has 21 heavy (non-hydrogen) atoms. The molecule has 1 aromatic heterocycles. The number of para-hydroxylation sites is 1. The summed E-state index contributed by atoms with van der Waals surface area (Å²) in [6.45, 7) is 7.01. The van der Waals surface area contributed by atoms with Gasteiger partial charge in [0.2, 0.25) is 0 Å². The molecule has 4 rings (SSSR count). The Morgan fingerprint density at radius 1 is 1.10 bits per heavy atom. The molecule has 0 atom stereocenters. The third kappa shape index (κ3) is 2.02. The van der Waals surface area contributed by atoms with E-state index in [9.17, 15) is 0 Å². The molecule has 0 unspecified atom stereocenters. The summed E-state index contributed by atoms with van der Waals surface area (Å²) in [5.41, 5.74) is 4.59. The van der Waals surface area contributed by atoms with Gasteiger partial charge in [0.1, 0.15) is 0 Å². The van der Waals surface area contributed by atoms with Gasteiger partial charge in [0.05, 0.1) is 0 Å². The Morgan fingerprint density at radius 3 is 2.57 bits per heavy atom. The van der Waals surface area contributed by atoms with E-state index in [0.29, 0.717) is 0 Å². The lowest BCUT2D eigenvalue weighted by Crippen LogP contribution is -2.61. The second kappa shape index (κ2) is 4.34. The first-order valence-electron chi connectivity index (χ1n) is 8.07. The molecular formula is C18H25N3. The number of rotatable bonds is 0. The highest BCUT2D eigenvalue weighted by Gasteiger charge is 2.46. The minimum absolute atomic E-state index is 0.142. The monoisotopic (exact) mass is 283 g/mol.